The molecule has 218 valence electrons. The van der Waals surface area contributed by atoms with Crippen molar-refractivity contribution in [2.45, 2.75) is 6.92 Å². The lowest BCUT2D eigenvalue weighted by molar-refractivity contribution is 1.39. The van der Waals surface area contributed by atoms with Crippen LogP contribution in [0.5, 0.6) is 0 Å². The molecule has 8 rings (SSSR count). The average molecular weight is 605 g/mol. The van der Waals surface area contributed by atoms with Crippen LogP contribution in [0.25, 0.3) is 44.8 Å². The molecule has 0 saturated heterocycles. The third kappa shape index (κ3) is 4.40. The summed E-state index contributed by atoms with van der Waals surface area (Å²) < 4.78 is 0. The summed E-state index contributed by atoms with van der Waals surface area (Å²) in [5.74, 6) is 0. The first kappa shape index (κ1) is 27.9. The van der Waals surface area contributed by atoms with Gasteiger partial charge in [-0.3, -0.25) is 9.98 Å². The molecule has 0 bridgehead atoms. The molecule has 0 saturated carbocycles. The van der Waals surface area contributed by atoms with Crippen LogP contribution in [0.3, 0.4) is 0 Å². The summed E-state index contributed by atoms with van der Waals surface area (Å²) in [5, 5.41) is 6.83. The first-order valence-electron chi connectivity index (χ1n) is 15.7. The van der Waals surface area contributed by atoms with E-state index < -0.39 is 8.07 Å². The maximum absolute atomic E-state index is 4.56. The second kappa shape index (κ2) is 11.4. The molecule has 46 heavy (non-hydrogen) atoms. The number of hydrogen-bond donors (Lipinski definition) is 0. The van der Waals surface area contributed by atoms with Crippen molar-refractivity contribution < 1.29 is 0 Å². The minimum absolute atomic E-state index is 0.818. The third-order valence-electron chi connectivity index (χ3n) is 9.44. The Bertz CT molecular complexity index is 2230. The first-order valence-corrected chi connectivity index (χ1v) is 17.7. The zero-order chi connectivity index (χ0) is 31.1. The molecule has 1 aliphatic heterocycles. The SMILES string of the molecule is C=Nc1c(/C=C(\C)c2ccc(-c3ccc4c(c3)-c3ccccc3[Si]4(c3ccccc3)c3ccccc3)cc2)ccc2cccnc12. The molecule has 1 aliphatic rings. The Balaban J connectivity index is 1.20. The monoisotopic (exact) mass is 604 g/mol. The second-order valence-electron chi connectivity index (χ2n) is 11.9. The van der Waals surface area contributed by atoms with E-state index >= 15 is 0 Å². The number of allylic oxidation sites excluding steroid dienone is 1. The van der Waals surface area contributed by atoms with E-state index in [1.807, 2.05) is 6.07 Å². The molecular weight excluding hydrogens is 573 g/mol. The fourth-order valence-electron chi connectivity index (χ4n) is 7.30. The molecule has 7 aromatic rings. The van der Waals surface area contributed by atoms with Gasteiger partial charge in [-0.2, -0.15) is 0 Å². The van der Waals surface area contributed by atoms with Crippen molar-refractivity contribution in [3.8, 4) is 22.3 Å². The second-order valence-corrected chi connectivity index (χ2v) is 15.7. The van der Waals surface area contributed by atoms with Crippen LogP contribution in [0.1, 0.15) is 18.1 Å². The Kier molecular flexibility index (Phi) is 6.89. The molecule has 0 radical (unpaired) electrons. The van der Waals surface area contributed by atoms with Crippen LogP contribution in [0.2, 0.25) is 0 Å². The number of aromatic nitrogens is 1. The van der Waals surface area contributed by atoms with Gasteiger partial charge in [-0.1, -0.05) is 140 Å². The number of rotatable bonds is 6. The number of nitrogens with zero attached hydrogens (tertiary/aromatic N) is 2. The van der Waals surface area contributed by atoms with E-state index in [1.165, 1.54) is 48.6 Å². The molecule has 3 heteroatoms. The van der Waals surface area contributed by atoms with Crippen LogP contribution in [-0.2, 0) is 0 Å². The molecule has 0 unspecified atom stereocenters. The average Bonchev–Trinajstić information content (AvgIpc) is 3.43. The van der Waals surface area contributed by atoms with Crippen molar-refractivity contribution in [1.82, 2.24) is 4.98 Å². The molecule has 0 atom stereocenters. The van der Waals surface area contributed by atoms with E-state index in [0.717, 1.165) is 27.7 Å². The Morgan fingerprint density at radius 1 is 0.630 bits per heavy atom. The highest BCUT2D eigenvalue weighted by Crippen LogP contribution is 2.34. The molecule has 0 aliphatic carbocycles. The topological polar surface area (TPSA) is 25.2 Å². The molecule has 2 nitrogen and oxygen atoms in total. The quantitative estimate of drug-likeness (QED) is 0.107. The van der Waals surface area contributed by atoms with Crippen molar-refractivity contribution in [2.75, 3.05) is 0 Å². The van der Waals surface area contributed by atoms with Crippen LogP contribution < -0.4 is 20.7 Å². The van der Waals surface area contributed by atoms with E-state index in [0.29, 0.717) is 0 Å². The van der Waals surface area contributed by atoms with E-state index in [9.17, 15) is 0 Å². The molecular formula is C43H32N2Si. The summed E-state index contributed by atoms with van der Waals surface area (Å²) in [6.07, 6.45) is 3.98. The van der Waals surface area contributed by atoms with Gasteiger partial charge in [-0.15, -0.1) is 0 Å². The van der Waals surface area contributed by atoms with Crippen LogP contribution >= 0.6 is 0 Å². The van der Waals surface area contributed by atoms with Crippen LogP contribution in [-0.4, -0.2) is 19.8 Å². The molecule has 6 aromatic carbocycles. The normalized spacial score (nSPS) is 13.3. The Morgan fingerprint density at radius 2 is 1.28 bits per heavy atom. The van der Waals surface area contributed by atoms with Gasteiger partial charge in [0.1, 0.15) is 0 Å². The maximum atomic E-state index is 4.56. The largest absolute Gasteiger partial charge is 0.262 e. The molecule has 1 aromatic heterocycles. The van der Waals surface area contributed by atoms with Gasteiger partial charge in [0, 0.05) is 17.1 Å². The number of fused-ring (bicyclic) bond motifs is 4. The Morgan fingerprint density at radius 3 is 2.00 bits per heavy atom. The summed E-state index contributed by atoms with van der Waals surface area (Å²) in [6.45, 7) is 5.98. The third-order valence-corrected chi connectivity index (χ3v) is 14.3. The van der Waals surface area contributed by atoms with Gasteiger partial charge in [-0.05, 0) is 86.0 Å². The number of hydrogen-bond acceptors (Lipinski definition) is 2. The highest BCUT2D eigenvalue weighted by Gasteiger charge is 2.48. The summed E-state index contributed by atoms with van der Waals surface area (Å²) in [6, 6.07) is 55.6. The minimum Gasteiger partial charge on any atom is -0.262 e. The lowest BCUT2D eigenvalue weighted by atomic mass is 9.96. The number of pyridine rings is 1. The maximum Gasteiger partial charge on any atom is 0.180 e. The van der Waals surface area contributed by atoms with E-state index in [4.69, 9.17) is 0 Å². The standard InChI is InChI=1S/C43H32N2Si/c1-30(28-35-24-23-33-12-11-27-45-43(33)42(35)44-2)31-19-21-32(22-20-31)34-25-26-41-39(29-34)38-17-9-10-18-40(38)46(41,36-13-5-3-6-14-36)37-15-7-4-8-16-37/h3-29H,2H2,1H3/b30-28+. The Labute approximate surface area is 271 Å². The number of benzene rings is 6. The van der Waals surface area contributed by atoms with Gasteiger partial charge >= 0.3 is 0 Å². The molecule has 2 heterocycles. The van der Waals surface area contributed by atoms with Crippen LogP contribution in [0.4, 0.5) is 5.69 Å². The van der Waals surface area contributed by atoms with Crippen molar-refractivity contribution in [3.05, 3.63) is 169 Å². The smallest absolute Gasteiger partial charge is 0.180 e. The van der Waals surface area contributed by atoms with Gasteiger partial charge in [0.05, 0.1) is 11.2 Å². The lowest BCUT2D eigenvalue weighted by Crippen LogP contribution is -2.72. The molecule has 0 N–H and O–H groups in total. The summed E-state index contributed by atoms with van der Waals surface area (Å²) >= 11 is 0. The molecule has 0 spiro atoms. The van der Waals surface area contributed by atoms with Crippen molar-refractivity contribution >= 4 is 63.8 Å². The highest BCUT2D eigenvalue weighted by molar-refractivity contribution is 7.22. The van der Waals surface area contributed by atoms with Gasteiger partial charge in [0.15, 0.2) is 8.07 Å². The van der Waals surface area contributed by atoms with Gasteiger partial charge < -0.3 is 0 Å². The Hall–Kier alpha value is -5.64. The van der Waals surface area contributed by atoms with E-state index in [2.05, 4.69) is 175 Å². The van der Waals surface area contributed by atoms with Crippen molar-refractivity contribution in [3.63, 3.8) is 0 Å². The summed E-state index contributed by atoms with van der Waals surface area (Å²) in [7, 11) is -2.46. The summed E-state index contributed by atoms with van der Waals surface area (Å²) in [5.41, 5.74) is 10.2. The fourth-order valence-corrected chi connectivity index (χ4v) is 12.5. The van der Waals surface area contributed by atoms with Crippen molar-refractivity contribution in [2.24, 2.45) is 4.99 Å². The van der Waals surface area contributed by atoms with E-state index in [-0.39, 0.29) is 0 Å². The first-order chi connectivity index (χ1) is 22.7. The number of aliphatic imine (C=N–C) groups is 1. The van der Waals surface area contributed by atoms with E-state index in [1.54, 1.807) is 6.20 Å². The predicted molar refractivity (Wildman–Crippen MR) is 199 cm³/mol. The predicted octanol–water partition coefficient (Wildman–Crippen LogP) is 8.15. The van der Waals surface area contributed by atoms with Crippen LogP contribution in [0, 0.1) is 0 Å². The van der Waals surface area contributed by atoms with Crippen LogP contribution in [0.15, 0.2) is 163 Å². The van der Waals surface area contributed by atoms with Gasteiger partial charge in [0.2, 0.25) is 0 Å². The molecule has 0 amide bonds. The zero-order valence-corrected chi connectivity index (χ0v) is 26.7. The van der Waals surface area contributed by atoms with Gasteiger partial charge in [-0.25, -0.2) is 0 Å². The highest BCUT2D eigenvalue weighted by atomic mass is 28.3. The molecule has 0 fully saturated rings. The fraction of sp³-hybridized carbons (Fsp3) is 0.0233. The zero-order valence-electron chi connectivity index (χ0n) is 25.7. The minimum atomic E-state index is -2.46. The lowest BCUT2D eigenvalue weighted by Gasteiger charge is -2.31. The van der Waals surface area contributed by atoms with Gasteiger partial charge in [0.25, 0.3) is 0 Å². The van der Waals surface area contributed by atoms with Crippen molar-refractivity contribution in [1.29, 1.82) is 0 Å². The summed E-state index contributed by atoms with van der Waals surface area (Å²) in [4.78, 5) is 8.90.